The molecule has 0 nitrogen and oxygen atoms in total. The molecule has 0 unspecified atom stereocenters. The molecule has 1 heteroatoms. The van der Waals surface area contributed by atoms with Gasteiger partial charge in [-0.05, 0) is 72.5 Å². The first kappa shape index (κ1) is 12.5. The van der Waals surface area contributed by atoms with Gasteiger partial charge in [0.1, 0.15) is 0 Å². The Morgan fingerprint density at radius 1 is 0.867 bits per heavy atom. The molecule has 0 aliphatic carbocycles. The maximum atomic E-state index is 3.93. The molecule has 1 aromatic rings. The molecule has 1 aromatic carbocycles. The molecule has 0 radical (unpaired) electrons. The highest BCUT2D eigenvalue weighted by Crippen LogP contribution is 2.28. The molecular formula is C14H19Br. The molecule has 1 rings (SSSR count). The lowest BCUT2D eigenvalue weighted by molar-refractivity contribution is 1.08. The van der Waals surface area contributed by atoms with Crippen LogP contribution in [0.5, 0.6) is 0 Å². The van der Waals surface area contributed by atoms with Gasteiger partial charge in [-0.1, -0.05) is 22.5 Å². The predicted molar refractivity (Wildman–Crippen MR) is 71.9 cm³/mol. The van der Waals surface area contributed by atoms with Crippen LogP contribution in [0.1, 0.15) is 33.4 Å². The highest BCUT2D eigenvalue weighted by molar-refractivity contribution is 9.11. The van der Waals surface area contributed by atoms with Crippen molar-refractivity contribution in [3.05, 3.63) is 44.4 Å². The Labute approximate surface area is 102 Å². The highest BCUT2D eigenvalue weighted by atomic mass is 79.9. The van der Waals surface area contributed by atoms with E-state index in [9.17, 15) is 0 Å². The van der Waals surface area contributed by atoms with Crippen molar-refractivity contribution in [2.24, 2.45) is 0 Å². The predicted octanol–water partition coefficient (Wildman–Crippen LogP) is 4.68. The van der Waals surface area contributed by atoms with Crippen LogP contribution in [-0.4, -0.2) is 0 Å². The van der Waals surface area contributed by atoms with Crippen LogP contribution in [0.15, 0.2) is 11.1 Å². The average Bonchev–Trinajstić information content (AvgIpc) is 2.18. The molecule has 0 aliphatic rings. The van der Waals surface area contributed by atoms with Gasteiger partial charge in [0.15, 0.2) is 0 Å². The molecule has 0 aromatic heterocycles. The number of hydrogen-bond acceptors (Lipinski definition) is 0. The van der Waals surface area contributed by atoms with Crippen LogP contribution in [0.3, 0.4) is 0 Å². The minimum Gasteiger partial charge on any atom is -0.0885 e. The lowest BCUT2D eigenvalue weighted by Gasteiger charge is -2.18. The van der Waals surface area contributed by atoms with Crippen LogP contribution < -0.4 is 0 Å². The largest absolute Gasteiger partial charge is 0.0885 e. The fourth-order valence-corrected chi connectivity index (χ4v) is 2.32. The molecule has 82 valence electrons. The summed E-state index contributed by atoms with van der Waals surface area (Å²) in [7, 11) is 0. The lowest BCUT2D eigenvalue weighted by atomic mass is 9.88. The van der Waals surface area contributed by atoms with Gasteiger partial charge in [-0.2, -0.15) is 0 Å². The van der Waals surface area contributed by atoms with Crippen LogP contribution in [0.2, 0.25) is 0 Å². The summed E-state index contributed by atoms with van der Waals surface area (Å²) in [6, 6.07) is 0. The van der Waals surface area contributed by atoms with Gasteiger partial charge in [-0.15, -0.1) is 0 Å². The molecule has 15 heavy (non-hydrogen) atoms. The lowest BCUT2D eigenvalue weighted by Crippen LogP contribution is -2.02. The number of hydrogen-bond donors (Lipinski definition) is 0. The summed E-state index contributed by atoms with van der Waals surface area (Å²) in [4.78, 5) is 0. The molecule has 0 spiro atoms. The van der Waals surface area contributed by atoms with Crippen LogP contribution in [0, 0.1) is 34.6 Å². The molecular weight excluding hydrogens is 248 g/mol. The Balaban J connectivity index is 3.45. The Hall–Kier alpha value is -0.560. The third kappa shape index (κ3) is 2.34. The summed E-state index contributed by atoms with van der Waals surface area (Å²) < 4.78 is 1.05. The van der Waals surface area contributed by atoms with E-state index in [1.807, 2.05) is 0 Å². The summed E-state index contributed by atoms with van der Waals surface area (Å²) >= 11 is 3.45. The van der Waals surface area contributed by atoms with E-state index >= 15 is 0 Å². The number of benzene rings is 1. The molecule has 0 N–H and O–H groups in total. The van der Waals surface area contributed by atoms with Gasteiger partial charge < -0.3 is 0 Å². The first-order valence-electron chi connectivity index (χ1n) is 5.25. The average molecular weight is 267 g/mol. The van der Waals surface area contributed by atoms with E-state index in [1.165, 1.54) is 33.4 Å². The Morgan fingerprint density at radius 2 is 1.20 bits per heavy atom. The van der Waals surface area contributed by atoms with Crippen LogP contribution in [0.4, 0.5) is 0 Å². The van der Waals surface area contributed by atoms with Crippen LogP contribution in [-0.2, 0) is 6.42 Å². The first-order chi connectivity index (χ1) is 6.86. The van der Waals surface area contributed by atoms with E-state index in [2.05, 4.69) is 57.1 Å². The molecule has 0 saturated carbocycles. The van der Waals surface area contributed by atoms with Gasteiger partial charge in [-0.3, -0.25) is 0 Å². The Kier molecular flexibility index (Phi) is 3.77. The third-order valence-electron chi connectivity index (χ3n) is 3.52. The van der Waals surface area contributed by atoms with Gasteiger partial charge >= 0.3 is 0 Å². The smallest absolute Gasteiger partial charge is 0.00401 e. The van der Waals surface area contributed by atoms with E-state index in [1.54, 1.807) is 0 Å². The molecule has 0 aliphatic heterocycles. The second-order valence-electron chi connectivity index (χ2n) is 4.30. The summed E-state index contributed by atoms with van der Waals surface area (Å²) in [5, 5.41) is 0. The van der Waals surface area contributed by atoms with Crippen molar-refractivity contribution in [3.8, 4) is 0 Å². The third-order valence-corrected chi connectivity index (χ3v) is 3.80. The minimum absolute atomic E-state index is 0.930. The van der Waals surface area contributed by atoms with Crippen molar-refractivity contribution < 1.29 is 0 Å². The van der Waals surface area contributed by atoms with E-state index in [0.717, 1.165) is 10.9 Å². The molecule has 0 saturated heterocycles. The number of rotatable bonds is 2. The van der Waals surface area contributed by atoms with E-state index in [-0.39, 0.29) is 0 Å². The van der Waals surface area contributed by atoms with Crippen molar-refractivity contribution in [1.29, 1.82) is 0 Å². The normalized spacial score (nSPS) is 10.5. The monoisotopic (exact) mass is 266 g/mol. The van der Waals surface area contributed by atoms with Crippen molar-refractivity contribution in [2.45, 2.75) is 41.0 Å². The van der Waals surface area contributed by atoms with Gasteiger partial charge in [0, 0.05) is 6.42 Å². The van der Waals surface area contributed by atoms with E-state index in [4.69, 9.17) is 0 Å². The molecule has 0 fully saturated rings. The van der Waals surface area contributed by atoms with E-state index in [0.29, 0.717) is 0 Å². The second kappa shape index (κ2) is 4.52. The second-order valence-corrected chi connectivity index (χ2v) is 5.42. The maximum Gasteiger partial charge on any atom is 0.00401 e. The zero-order valence-electron chi connectivity index (χ0n) is 10.3. The van der Waals surface area contributed by atoms with Crippen molar-refractivity contribution in [1.82, 2.24) is 0 Å². The summed E-state index contributed by atoms with van der Waals surface area (Å²) in [5.74, 6) is 0. The Bertz CT molecular complexity index is 385. The van der Waals surface area contributed by atoms with Crippen LogP contribution in [0.25, 0.3) is 0 Å². The zero-order chi connectivity index (χ0) is 11.7. The highest BCUT2D eigenvalue weighted by Gasteiger charge is 2.11. The topological polar surface area (TPSA) is 0 Å². The van der Waals surface area contributed by atoms with Gasteiger partial charge in [-0.25, -0.2) is 0 Å². The van der Waals surface area contributed by atoms with Crippen LogP contribution >= 0.6 is 15.9 Å². The van der Waals surface area contributed by atoms with Crippen molar-refractivity contribution in [2.75, 3.05) is 0 Å². The van der Waals surface area contributed by atoms with Gasteiger partial charge in [0.2, 0.25) is 0 Å². The van der Waals surface area contributed by atoms with Gasteiger partial charge in [0.05, 0.1) is 0 Å². The summed E-state index contributed by atoms with van der Waals surface area (Å²) in [6.07, 6.45) is 0.930. The molecule has 0 atom stereocenters. The molecule has 0 bridgehead atoms. The number of allylic oxidation sites excluding steroid dienone is 1. The minimum atomic E-state index is 0.930. The standard InChI is InChI=1S/C14H19Br/c1-8(15)7-14-12(5)10(3)9(2)11(4)13(14)6/h1,7H2,2-6H3. The fourth-order valence-electron chi connectivity index (χ4n) is 2.03. The molecule has 0 amide bonds. The maximum absolute atomic E-state index is 3.93. The summed E-state index contributed by atoms with van der Waals surface area (Å²) in [6.45, 7) is 15.0. The van der Waals surface area contributed by atoms with Crippen molar-refractivity contribution in [3.63, 3.8) is 0 Å². The SMILES string of the molecule is C=C(Br)Cc1c(C)c(C)c(C)c(C)c1C. The van der Waals surface area contributed by atoms with Crippen molar-refractivity contribution >= 4 is 15.9 Å². The Morgan fingerprint density at radius 3 is 1.53 bits per heavy atom. The zero-order valence-corrected chi connectivity index (χ0v) is 11.9. The number of halogens is 1. The quantitative estimate of drug-likeness (QED) is 0.729. The first-order valence-corrected chi connectivity index (χ1v) is 6.04. The van der Waals surface area contributed by atoms with Gasteiger partial charge in [0.25, 0.3) is 0 Å². The van der Waals surface area contributed by atoms with E-state index < -0.39 is 0 Å². The molecule has 0 heterocycles. The fraction of sp³-hybridized carbons (Fsp3) is 0.429. The summed E-state index contributed by atoms with van der Waals surface area (Å²) in [5.41, 5.74) is 8.52.